The van der Waals surface area contributed by atoms with Gasteiger partial charge in [0, 0.05) is 68.4 Å². The molecule has 2 aromatic rings. The molecule has 0 radical (unpaired) electrons. The third-order valence-corrected chi connectivity index (χ3v) is 15.6. The van der Waals surface area contributed by atoms with E-state index in [2.05, 4.69) is 50.6 Å². The number of allylic oxidation sites excluding steroid dienone is 1. The number of carbonyl (C=O) groups excluding carboxylic acids is 1. The van der Waals surface area contributed by atoms with E-state index in [9.17, 15) is 13.2 Å². The average molecular weight is 765 g/mol. The fourth-order valence-corrected chi connectivity index (χ4v) is 12.2. The molecule has 11 heteroatoms. The molecule has 4 aliphatic heterocycles. The zero-order valence-corrected chi connectivity index (χ0v) is 33.3. The summed E-state index contributed by atoms with van der Waals surface area (Å²) in [5, 5.41) is 0.754. The second-order valence-corrected chi connectivity index (χ2v) is 19.4. The summed E-state index contributed by atoms with van der Waals surface area (Å²) in [4.78, 5) is 21.4. The fraction of sp³-hybridized carbons (Fsp3) is 0.643. The van der Waals surface area contributed by atoms with Crippen LogP contribution in [-0.2, 0) is 26.6 Å². The summed E-state index contributed by atoms with van der Waals surface area (Å²) >= 11 is 6.51. The zero-order valence-electron chi connectivity index (χ0n) is 31.7. The van der Waals surface area contributed by atoms with Crippen molar-refractivity contribution in [2.75, 3.05) is 70.2 Å². The number of sulfonamides is 1. The summed E-state index contributed by atoms with van der Waals surface area (Å²) in [6.07, 6.45) is 13.5. The minimum Gasteiger partial charge on any atom is -0.490 e. The molecule has 0 unspecified atom stereocenters. The van der Waals surface area contributed by atoms with Crippen LogP contribution in [0.3, 0.4) is 0 Å². The summed E-state index contributed by atoms with van der Waals surface area (Å²) in [6.45, 7) is 11.3. The van der Waals surface area contributed by atoms with Gasteiger partial charge in [-0.15, -0.1) is 0 Å². The van der Waals surface area contributed by atoms with E-state index in [1.54, 1.807) is 6.07 Å². The quantitative estimate of drug-likeness (QED) is 0.365. The van der Waals surface area contributed by atoms with Crippen LogP contribution in [0, 0.1) is 23.7 Å². The Balaban J connectivity index is 1.19. The maximum atomic E-state index is 13.6. The van der Waals surface area contributed by atoms with E-state index in [1.165, 1.54) is 36.9 Å². The molecule has 53 heavy (non-hydrogen) atoms. The van der Waals surface area contributed by atoms with E-state index in [0.29, 0.717) is 24.1 Å². The summed E-state index contributed by atoms with van der Waals surface area (Å²) in [7, 11) is -2.02. The van der Waals surface area contributed by atoms with Crippen LogP contribution in [0.25, 0.3) is 0 Å². The van der Waals surface area contributed by atoms with Crippen LogP contribution >= 0.6 is 11.6 Å². The summed E-state index contributed by atoms with van der Waals surface area (Å²) < 4.78 is 42.8. The van der Waals surface area contributed by atoms with Crippen LogP contribution in [0.1, 0.15) is 80.3 Å². The monoisotopic (exact) mass is 764 g/mol. The van der Waals surface area contributed by atoms with Crippen molar-refractivity contribution < 1.29 is 22.7 Å². The molecule has 288 valence electrons. The first-order valence-electron chi connectivity index (χ1n) is 20.0. The molecule has 1 amide bonds. The van der Waals surface area contributed by atoms with Gasteiger partial charge in [-0.2, -0.15) is 0 Å². The number of hydrogen-bond acceptors (Lipinski definition) is 8. The largest absolute Gasteiger partial charge is 0.490 e. The fourth-order valence-electron chi connectivity index (χ4n) is 10.5. The molecule has 8 rings (SSSR count). The molecule has 2 aromatic carbocycles. The molecular formula is C42H57ClN4O5S. The highest BCUT2D eigenvalue weighted by Gasteiger charge is 2.50. The van der Waals surface area contributed by atoms with Gasteiger partial charge in [-0.25, -0.2) is 13.1 Å². The minimum absolute atomic E-state index is 0.0359. The molecule has 2 saturated heterocycles. The van der Waals surface area contributed by atoms with E-state index in [0.717, 1.165) is 87.8 Å². The average Bonchev–Trinajstić information content (AvgIpc) is 3.27. The second kappa shape index (κ2) is 14.8. The first-order valence-corrected chi connectivity index (χ1v) is 22.1. The number of piperazine rings is 1. The lowest BCUT2D eigenvalue weighted by Gasteiger charge is -2.53. The second-order valence-electron chi connectivity index (χ2n) is 17.2. The normalized spacial score (nSPS) is 35.4. The number of methoxy groups -OCH3 is 1. The van der Waals surface area contributed by atoms with Crippen molar-refractivity contribution in [2.24, 2.45) is 23.7 Å². The Morgan fingerprint density at radius 1 is 1.02 bits per heavy atom. The van der Waals surface area contributed by atoms with Gasteiger partial charge in [0.25, 0.3) is 5.91 Å². The van der Waals surface area contributed by atoms with Crippen LogP contribution in [-0.4, -0.2) is 101 Å². The predicted molar refractivity (Wildman–Crippen MR) is 211 cm³/mol. The Morgan fingerprint density at radius 2 is 1.89 bits per heavy atom. The maximum absolute atomic E-state index is 13.6. The van der Waals surface area contributed by atoms with E-state index >= 15 is 0 Å². The molecule has 6 aliphatic rings. The van der Waals surface area contributed by atoms with Crippen molar-refractivity contribution in [1.29, 1.82) is 0 Å². The molecule has 3 fully saturated rings. The molecule has 1 N–H and O–H groups in total. The number of carbonyl (C=O) groups is 1. The van der Waals surface area contributed by atoms with Gasteiger partial charge < -0.3 is 14.4 Å². The van der Waals surface area contributed by atoms with Crippen LogP contribution in [0.5, 0.6) is 5.75 Å². The SMILES string of the molecule is CO[C@@]1(CN2CCN3CCCC[C@@H]3C2)/C=C/[C@H](C)[C@H](C)CS(=O)(=O)NC(=O)c2ccc3c(c2)N(C[C@@H]2CC[C@H]21)C[C@@]1(CCCc2cc(Cl)ccc21)CO3. The summed E-state index contributed by atoms with van der Waals surface area (Å²) in [5.41, 5.74) is 2.97. The molecule has 2 aliphatic carbocycles. The molecule has 9 nitrogen and oxygen atoms in total. The van der Waals surface area contributed by atoms with Gasteiger partial charge in [0.15, 0.2) is 0 Å². The molecule has 7 atom stereocenters. The molecular weight excluding hydrogens is 708 g/mol. The van der Waals surface area contributed by atoms with Gasteiger partial charge in [0.1, 0.15) is 11.4 Å². The number of nitrogens with zero attached hydrogens (tertiary/aromatic N) is 3. The van der Waals surface area contributed by atoms with E-state index in [1.807, 2.05) is 32.2 Å². The van der Waals surface area contributed by atoms with E-state index in [-0.39, 0.29) is 28.9 Å². The van der Waals surface area contributed by atoms with Crippen molar-refractivity contribution in [3.05, 3.63) is 70.3 Å². The van der Waals surface area contributed by atoms with Crippen molar-refractivity contribution >= 4 is 33.2 Å². The number of amides is 1. The number of ether oxygens (including phenoxy) is 2. The minimum atomic E-state index is -3.90. The van der Waals surface area contributed by atoms with Crippen LogP contribution in [0.2, 0.25) is 5.02 Å². The Morgan fingerprint density at radius 3 is 2.70 bits per heavy atom. The zero-order chi connectivity index (χ0) is 37.0. The Hall–Kier alpha value is -2.63. The van der Waals surface area contributed by atoms with Gasteiger partial charge in [-0.1, -0.05) is 50.1 Å². The Kier molecular flexibility index (Phi) is 10.4. The first kappa shape index (κ1) is 37.3. The van der Waals surface area contributed by atoms with Crippen LogP contribution < -0.4 is 14.4 Å². The summed E-state index contributed by atoms with van der Waals surface area (Å²) in [5.74, 6) is 0.361. The van der Waals surface area contributed by atoms with Crippen molar-refractivity contribution in [2.45, 2.75) is 82.3 Å². The highest BCUT2D eigenvalue weighted by Crippen LogP contribution is 2.49. The molecule has 4 heterocycles. The lowest BCUT2D eigenvalue weighted by atomic mass is 9.63. The summed E-state index contributed by atoms with van der Waals surface area (Å²) in [6, 6.07) is 12.3. The molecule has 2 bridgehead atoms. The number of halogens is 1. The number of hydrogen-bond donors (Lipinski definition) is 1. The van der Waals surface area contributed by atoms with Crippen molar-refractivity contribution in [3.8, 4) is 5.75 Å². The number of benzene rings is 2. The highest BCUT2D eigenvalue weighted by molar-refractivity contribution is 7.90. The topological polar surface area (TPSA) is 91.4 Å². The van der Waals surface area contributed by atoms with E-state index in [4.69, 9.17) is 21.1 Å². The van der Waals surface area contributed by atoms with Gasteiger partial charge >= 0.3 is 0 Å². The number of anilines is 1. The number of piperidine rings is 1. The Labute approximate surface area is 321 Å². The maximum Gasteiger partial charge on any atom is 0.264 e. The lowest BCUT2D eigenvalue weighted by molar-refractivity contribution is -0.100. The number of fused-ring (bicyclic) bond motifs is 5. The van der Waals surface area contributed by atoms with Gasteiger partial charge in [0.2, 0.25) is 10.0 Å². The first-order chi connectivity index (χ1) is 25.5. The highest BCUT2D eigenvalue weighted by atomic mass is 35.5. The number of nitrogens with one attached hydrogen (secondary N) is 1. The molecule has 1 spiro atoms. The van der Waals surface area contributed by atoms with Crippen LogP contribution in [0.15, 0.2) is 48.6 Å². The third kappa shape index (κ3) is 7.40. The van der Waals surface area contributed by atoms with Gasteiger partial charge in [0.05, 0.1) is 18.0 Å². The standard InChI is InChI=1S/C42H57ClN4O5S/c1-29-15-17-42(51-3,27-45-19-20-46-18-5-4-8-35(46)24-45)37-12-9-33(37)23-47-26-41(16-6-7-31-21-34(43)11-13-36(31)41)28-52-39-14-10-32(22-38(39)47)40(48)44-53(49,50)25-30(29)2/h10-11,13-15,17,21-22,29-30,33,35,37H,4-9,12,16,18-20,23-28H2,1-3H3,(H,44,48)/b17-15+/t29-,30+,33-,35+,37+,41-,42+/m0/s1. The predicted octanol–water partition coefficient (Wildman–Crippen LogP) is 6.30. The lowest BCUT2D eigenvalue weighted by Crippen LogP contribution is -2.61. The molecule has 0 aromatic heterocycles. The molecule has 1 saturated carbocycles. The van der Waals surface area contributed by atoms with Crippen molar-refractivity contribution in [1.82, 2.24) is 14.5 Å². The number of aryl methyl sites for hydroxylation is 1. The van der Waals surface area contributed by atoms with Gasteiger partial charge in [-0.05, 0) is 117 Å². The van der Waals surface area contributed by atoms with Crippen LogP contribution in [0.4, 0.5) is 5.69 Å². The smallest absolute Gasteiger partial charge is 0.264 e. The van der Waals surface area contributed by atoms with Gasteiger partial charge in [-0.3, -0.25) is 14.6 Å². The van der Waals surface area contributed by atoms with Crippen molar-refractivity contribution in [3.63, 3.8) is 0 Å². The number of rotatable bonds is 3. The third-order valence-electron chi connectivity index (χ3n) is 13.9. The Bertz CT molecular complexity index is 1840. The van der Waals surface area contributed by atoms with E-state index < -0.39 is 21.5 Å².